The zero-order valence-electron chi connectivity index (χ0n) is 10.3. The third-order valence-electron chi connectivity index (χ3n) is 3.26. The van der Waals surface area contributed by atoms with Crippen molar-refractivity contribution in [1.29, 1.82) is 0 Å². The van der Waals surface area contributed by atoms with Crippen LogP contribution < -0.4 is 0 Å². The minimum absolute atomic E-state index is 0.0158. The van der Waals surface area contributed by atoms with Crippen LogP contribution >= 0.6 is 0 Å². The molecule has 2 aromatic carbocycles. The monoisotopic (exact) mass is 270 g/mol. The van der Waals surface area contributed by atoms with Gasteiger partial charge in [0.05, 0.1) is 16.9 Å². The summed E-state index contributed by atoms with van der Waals surface area (Å²) < 4.78 is 0. The second-order valence-electron chi connectivity index (χ2n) is 4.52. The summed E-state index contributed by atoms with van der Waals surface area (Å²) in [7, 11) is 0. The number of nitro benzene ring substituents is 1. The van der Waals surface area contributed by atoms with Gasteiger partial charge in [0.1, 0.15) is 0 Å². The number of carbonyl (C=O) groups is 1. The molecule has 0 bridgehead atoms. The summed E-state index contributed by atoms with van der Waals surface area (Å²) in [6, 6.07) is 9.88. The maximum atomic E-state index is 10.9. The highest BCUT2D eigenvalue weighted by Gasteiger charge is 2.13. The van der Waals surface area contributed by atoms with Crippen molar-refractivity contribution in [1.82, 2.24) is 4.98 Å². The summed E-state index contributed by atoms with van der Waals surface area (Å²) in [4.78, 5) is 24.4. The second kappa shape index (κ2) is 4.34. The number of para-hydroxylation sites is 1. The van der Waals surface area contributed by atoms with Crippen LogP contribution in [0.15, 0.2) is 36.4 Å². The van der Waals surface area contributed by atoms with E-state index in [4.69, 9.17) is 5.11 Å². The lowest BCUT2D eigenvalue weighted by atomic mass is 10.1. The van der Waals surface area contributed by atoms with Crippen molar-refractivity contribution in [3.63, 3.8) is 0 Å². The average Bonchev–Trinajstić information content (AvgIpc) is 2.77. The quantitative estimate of drug-likeness (QED) is 0.565. The fraction of sp³-hybridized carbons (Fsp3) is 0.0714. The van der Waals surface area contributed by atoms with Crippen molar-refractivity contribution in [2.75, 3.05) is 0 Å². The highest BCUT2D eigenvalue weighted by Crippen LogP contribution is 2.30. The Bertz CT molecular complexity index is 851. The van der Waals surface area contributed by atoms with Gasteiger partial charge in [-0.3, -0.25) is 14.9 Å². The minimum atomic E-state index is -0.915. The number of hydrogen-bond acceptors (Lipinski definition) is 3. The molecule has 20 heavy (non-hydrogen) atoms. The number of H-pyrrole nitrogens is 1. The number of rotatable bonds is 3. The Kier molecular flexibility index (Phi) is 2.64. The van der Waals surface area contributed by atoms with Crippen LogP contribution in [-0.4, -0.2) is 21.0 Å². The van der Waals surface area contributed by atoms with E-state index in [2.05, 4.69) is 4.98 Å². The van der Waals surface area contributed by atoms with Gasteiger partial charge in [-0.15, -0.1) is 0 Å². The maximum absolute atomic E-state index is 10.9. The van der Waals surface area contributed by atoms with Gasteiger partial charge < -0.3 is 10.1 Å². The zero-order chi connectivity index (χ0) is 14.3. The van der Waals surface area contributed by atoms with Gasteiger partial charge in [-0.05, 0) is 11.6 Å². The predicted octanol–water partition coefficient (Wildman–Crippen LogP) is 2.86. The number of fused-ring (bicyclic) bond motifs is 3. The molecule has 0 unspecified atom stereocenters. The Labute approximate surface area is 112 Å². The van der Waals surface area contributed by atoms with Gasteiger partial charge in [0, 0.05) is 28.4 Å². The first-order valence-corrected chi connectivity index (χ1v) is 5.96. The zero-order valence-corrected chi connectivity index (χ0v) is 10.3. The van der Waals surface area contributed by atoms with Crippen molar-refractivity contribution in [3.8, 4) is 0 Å². The fourth-order valence-electron chi connectivity index (χ4n) is 2.39. The average molecular weight is 270 g/mol. The molecule has 0 atom stereocenters. The van der Waals surface area contributed by atoms with E-state index in [1.807, 2.05) is 6.07 Å². The number of nitrogens with zero attached hydrogens (tertiary/aromatic N) is 1. The molecule has 3 rings (SSSR count). The summed E-state index contributed by atoms with van der Waals surface area (Å²) in [5.41, 5.74) is 2.14. The number of aromatic nitrogens is 1. The van der Waals surface area contributed by atoms with E-state index < -0.39 is 10.9 Å². The first-order valence-electron chi connectivity index (χ1n) is 5.96. The van der Waals surface area contributed by atoms with E-state index in [0.29, 0.717) is 11.1 Å². The number of nitrogens with one attached hydrogen (secondary N) is 1. The summed E-state index contributed by atoms with van der Waals surface area (Å²) in [5.74, 6) is -0.915. The Morgan fingerprint density at radius 1 is 1.25 bits per heavy atom. The van der Waals surface area contributed by atoms with Crippen LogP contribution in [0.3, 0.4) is 0 Å². The molecule has 0 aliphatic heterocycles. The number of carboxylic acids is 1. The van der Waals surface area contributed by atoms with Crippen molar-refractivity contribution in [2.24, 2.45) is 0 Å². The van der Waals surface area contributed by atoms with Crippen LogP contribution in [0.4, 0.5) is 5.69 Å². The molecule has 0 saturated carbocycles. The minimum Gasteiger partial charge on any atom is -0.481 e. The summed E-state index contributed by atoms with van der Waals surface area (Å²) in [6.07, 6.45) is -0.0910. The van der Waals surface area contributed by atoms with E-state index in [9.17, 15) is 14.9 Å². The molecule has 0 amide bonds. The molecule has 1 heterocycles. The van der Waals surface area contributed by atoms with Gasteiger partial charge in [0.2, 0.25) is 0 Å². The number of carboxylic acid groups (broad SMARTS) is 1. The smallest absolute Gasteiger partial charge is 0.307 e. The molecule has 0 spiro atoms. The maximum Gasteiger partial charge on any atom is 0.307 e. The molecule has 2 N–H and O–H groups in total. The molecule has 0 saturated heterocycles. The molecular formula is C14H10N2O4. The highest BCUT2D eigenvalue weighted by molar-refractivity contribution is 6.09. The fourth-order valence-corrected chi connectivity index (χ4v) is 2.39. The Hall–Kier alpha value is -2.89. The molecule has 0 fully saturated rings. The molecule has 3 aromatic rings. The van der Waals surface area contributed by atoms with Crippen LogP contribution in [0.5, 0.6) is 0 Å². The normalized spacial score (nSPS) is 11.0. The largest absolute Gasteiger partial charge is 0.481 e. The number of non-ortho nitro benzene ring substituents is 1. The molecule has 1 aromatic heterocycles. The van der Waals surface area contributed by atoms with Gasteiger partial charge in [-0.2, -0.15) is 0 Å². The summed E-state index contributed by atoms with van der Waals surface area (Å²) in [6.45, 7) is 0. The molecule has 0 aliphatic carbocycles. The first kappa shape index (κ1) is 12.2. The Morgan fingerprint density at radius 2 is 2.05 bits per heavy atom. The number of benzene rings is 2. The lowest BCUT2D eigenvalue weighted by Crippen LogP contribution is -2.00. The van der Waals surface area contributed by atoms with Crippen LogP contribution in [0, 0.1) is 10.1 Å². The van der Waals surface area contributed by atoms with E-state index >= 15 is 0 Å². The lowest BCUT2D eigenvalue weighted by molar-refractivity contribution is -0.384. The second-order valence-corrected chi connectivity index (χ2v) is 4.52. The van der Waals surface area contributed by atoms with Gasteiger partial charge in [0.25, 0.3) is 5.69 Å². The van der Waals surface area contributed by atoms with E-state index in [0.717, 1.165) is 16.3 Å². The first-order chi connectivity index (χ1) is 9.56. The van der Waals surface area contributed by atoms with Crippen LogP contribution in [-0.2, 0) is 11.2 Å². The molecule has 0 radical (unpaired) electrons. The van der Waals surface area contributed by atoms with Crippen molar-refractivity contribution in [3.05, 3.63) is 52.1 Å². The van der Waals surface area contributed by atoms with Crippen LogP contribution in [0.25, 0.3) is 21.8 Å². The van der Waals surface area contributed by atoms with E-state index in [1.54, 1.807) is 18.2 Å². The van der Waals surface area contributed by atoms with Crippen LogP contribution in [0.2, 0.25) is 0 Å². The van der Waals surface area contributed by atoms with Crippen molar-refractivity contribution in [2.45, 2.75) is 6.42 Å². The number of aromatic amines is 1. The van der Waals surface area contributed by atoms with Crippen molar-refractivity contribution >= 4 is 33.5 Å². The Morgan fingerprint density at radius 3 is 2.75 bits per heavy atom. The number of aliphatic carboxylic acids is 1. The molecule has 6 heteroatoms. The van der Waals surface area contributed by atoms with E-state index in [1.165, 1.54) is 12.1 Å². The number of hydrogen-bond donors (Lipinski definition) is 2. The van der Waals surface area contributed by atoms with Gasteiger partial charge in [-0.1, -0.05) is 18.2 Å². The van der Waals surface area contributed by atoms with Crippen molar-refractivity contribution < 1.29 is 14.8 Å². The van der Waals surface area contributed by atoms with Gasteiger partial charge >= 0.3 is 5.97 Å². The molecular weight excluding hydrogens is 260 g/mol. The SMILES string of the molecule is O=C(O)Cc1cccc2c1[nH]c1ccc([N+](=O)[O-])cc12. The third kappa shape index (κ3) is 1.87. The third-order valence-corrected chi connectivity index (χ3v) is 3.26. The molecule has 100 valence electrons. The number of nitro groups is 1. The Balaban J connectivity index is 2.31. The lowest BCUT2D eigenvalue weighted by Gasteiger charge is -1.99. The molecule has 6 nitrogen and oxygen atoms in total. The van der Waals surface area contributed by atoms with E-state index in [-0.39, 0.29) is 12.1 Å². The van der Waals surface area contributed by atoms with Gasteiger partial charge in [0.15, 0.2) is 0 Å². The topological polar surface area (TPSA) is 96.2 Å². The standard InChI is InChI=1S/C14H10N2O4/c17-13(18)6-8-2-1-3-10-11-7-9(16(19)20)4-5-12(11)15-14(8)10/h1-5,7,15H,6H2,(H,17,18). The predicted molar refractivity (Wildman–Crippen MR) is 73.8 cm³/mol. The summed E-state index contributed by atoms with van der Waals surface area (Å²) in [5, 5.41) is 21.3. The summed E-state index contributed by atoms with van der Waals surface area (Å²) >= 11 is 0. The highest BCUT2D eigenvalue weighted by atomic mass is 16.6. The molecule has 0 aliphatic rings. The van der Waals surface area contributed by atoms with Crippen LogP contribution in [0.1, 0.15) is 5.56 Å². The van der Waals surface area contributed by atoms with Gasteiger partial charge in [-0.25, -0.2) is 0 Å².